The third-order valence-electron chi connectivity index (χ3n) is 30.7. The number of hydrogen-bond donors (Lipinski definition) is 0. The van der Waals surface area contributed by atoms with Gasteiger partial charge < -0.3 is 0 Å². The lowest BCUT2D eigenvalue weighted by Gasteiger charge is -2.69. The smallest absolute Gasteiger partial charge is 0.0163 e. The highest BCUT2D eigenvalue weighted by molar-refractivity contribution is 5.16. The van der Waals surface area contributed by atoms with E-state index in [1.54, 1.807) is 283 Å². The van der Waals surface area contributed by atoms with Gasteiger partial charge in [0.1, 0.15) is 0 Å². The molecule has 0 aromatic rings. The number of fused-ring (bicyclic) bond motifs is 8. The van der Waals surface area contributed by atoms with Crippen LogP contribution in [0.15, 0.2) is 0 Å². The molecule has 2 heteroatoms. The van der Waals surface area contributed by atoms with E-state index >= 15 is 0 Å². The molecule has 0 bridgehead atoms. The third-order valence-corrected chi connectivity index (χ3v) is 30.7. The Morgan fingerprint density at radius 1 is 0.162 bits per heavy atom. The minimum Gasteiger partial charge on any atom is -0.293 e. The van der Waals surface area contributed by atoms with Gasteiger partial charge in [0, 0.05) is 36.3 Å². The maximum absolute atomic E-state index is 3.87. The quantitative estimate of drug-likeness (QED) is 0.262. The second-order valence-electron chi connectivity index (χ2n) is 32.9. The van der Waals surface area contributed by atoms with E-state index in [-0.39, 0.29) is 0 Å². The minimum atomic E-state index is 0.933. The largest absolute Gasteiger partial charge is 0.293 e. The van der Waals surface area contributed by atoms with Crippen molar-refractivity contribution in [3.8, 4) is 0 Å². The standard InChI is InChI=1S/C72H116N2/c1-9-25-55-47(17-1)41-48-18-2-10-26-56(48)69(55)73(70-57-27-11-3-19-49(57)42-50-20-4-12-28-58(50)70)65-39-35-45-34-38-64-66(40-36-46-33-37-63(65)67(45)68(46)64)74(71-59-29-13-5-21-51(59)43-52-22-6-14-30-60(52)71)72-61-31-15-7-23-53(61)44-54-24-8-16-32-62(54)72/h45-72H,1-44H2. The number of nitrogens with zero attached hydrogens (tertiary/aromatic N) is 2. The molecule has 414 valence electrons. The highest BCUT2D eigenvalue weighted by Gasteiger charge is 2.64. The Bertz CT molecular complexity index is 1580. The van der Waals surface area contributed by atoms with Crippen LogP contribution in [-0.4, -0.2) is 46.1 Å². The molecule has 0 aromatic heterocycles. The molecule has 0 N–H and O–H groups in total. The van der Waals surface area contributed by atoms with E-state index in [4.69, 9.17) is 0 Å². The van der Waals surface area contributed by atoms with Gasteiger partial charge in [-0.25, -0.2) is 0 Å². The van der Waals surface area contributed by atoms with Gasteiger partial charge in [0.25, 0.3) is 0 Å². The molecule has 16 rings (SSSR count). The van der Waals surface area contributed by atoms with E-state index in [1.165, 1.54) is 0 Å². The maximum atomic E-state index is 3.87. The molecule has 16 aliphatic carbocycles. The lowest BCUT2D eigenvalue weighted by molar-refractivity contribution is -0.196. The molecule has 2 nitrogen and oxygen atoms in total. The van der Waals surface area contributed by atoms with Crippen LogP contribution in [0.25, 0.3) is 0 Å². The Hall–Kier alpha value is -0.0800. The monoisotopic (exact) mass is 1010 g/mol. The predicted octanol–water partition coefficient (Wildman–Crippen LogP) is 18.7. The highest BCUT2D eigenvalue weighted by atomic mass is 15.3. The van der Waals surface area contributed by atoms with Crippen LogP contribution in [0.2, 0.25) is 0 Å². The fraction of sp³-hybridized carbons (Fsp3) is 1.00. The van der Waals surface area contributed by atoms with E-state index in [1.807, 2.05) is 0 Å². The molecule has 16 saturated carbocycles. The van der Waals surface area contributed by atoms with Crippen LogP contribution >= 0.6 is 0 Å². The normalized spacial score (nSPS) is 55.9. The van der Waals surface area contributed by atoms with Gasteiger partial charge in [0.05, 0.1) is 0 Å². The van der Waals surface area contributed by atoms with Gasteiger partial charge in [0.2, 0.25) is 0 Å². The van der Waals surface area contributed by atoms with E-state index in [0.29, 0.717) is 0 Å². The van der Waals surface area contributed by atoms with Gasteiger partial charge in [-0.15, -0.1) is 0 Å². The Labute approximate surface area is 456 Å². The van der Waals surface area contributed by atoms with Crippen LogP contribution in [-0.2, 0) is 0 Å². The second kappa shape index (κ2) is 21.0. The van der Waals surface area contributed by atoms with Crippen LogP contribution < -0.4 is 0 Å². The summed E-state index contributed by atoms with van der Waals surface area (Å²) in [5.41, 5.74) is 0. The summed E-state index contributed by atoms with van der Waals surface area (Å²) >= 11 is 0. The van der Waals surface area contributed by atoms with E-state index < -0.39 is 0 Å². The van der Waals surface area contributed by atoms with Crippen LogP contribution in [0.5, 0.6) is 0 Å². The lowest BCUT2D eigenvalue weighted by atomic mass is 9.45. The number of rotatable bonds is 6. The topological polar surface area (TPSA) is 6.48 Å². The zero-order valence-electron chi connectivity index (χ0n) is 48.2. The molecule has 0 aliphatic heterocycles. The van der Waals surface area contributed by atoms with Crippen molar-refractivity contribution in [2.45, 2.75) is 319 Å². The summed E-state index contributed by atoms with van der Waals surface area (Å²) in [6, 6.07) is 5.69. The Morgan fingerprint density at radius 3 is 0.595 bits per heavy atom. The molecule has 24 unspecified atom stereocenters. The van der Waals surface area contributed by atoms with Crippen molar-refractivity contribution < 1.29 is 0 Å². The molecule has 24 atom stereocenters. The summed E-state index contributed by atoms with van der Waals surface area (Å²) in [4.78, 5) is 7.74. The Balaban J connectivity index is 0.806. The van der Waals surface area contributed by atoms with Gasteiger partial charge in [-0.05, 0) is 259 Å². The third kappa shape index (κ3) is 8.37. The first-order valence-electron chi connectivity index (χ1n) is 36.3. The molecular formula is C72H116N2. The average Bonchev–Trinajstić information content (AvgIpc) is 3.52. The van der Waals surface area contributed by atoms with Gasteiger partial charge in [-0.1, -0.05) is 154 Å². The SMILES string of the molecule is C1CCC2C(C1)CC1CCCCC1C2N(C1CCC2CCC3C4C(CCC1C24)CCC3N(C1C2CCCCC2CC2CCCCC21)C1C2CCCCC2CC2CCCCC21)C1C2CCCCC2CC2CCCCC21. The molecule has 0 aromatic carbocycles. The van der Waals surface area contributed by atoms with Crippen molar-refractivity contribution in [1.82, 2.24) is 9.80 Å². The van der Waals surface area contributed by atoms with Gasteiger partial charge in [0.15, 0.2) is 0 Å². The summed E-state index contributed by atoms with van der Waals surface area (Å²) in [6.45, 7) is 0. The van der Waals surface area contributed by atoms with Crippen molar-refractivity contribution >= 4 is 0 Å². The van der Waals surface area contributed by atoms with Gasteiger partial charge in [-0.2, -0.15) is 0 Å². The zero-order chi connectivity index (χ0) is 48.4. The molecule has 0 amide bonds. The van der Waals surface area contributed by atoms with Gasteiger partial charge >= 0.3 is 0 Å². The summed E-state index contributed by atoms with van der Waals surface area (Å²) < 4.78 is 0. The summed E-state index contributed by atoms with van der Waals surface area (Å²) in [6.07, 6.45) is 70.7. The van der Waals surface area contributed by atoms with Crippen LogP contribution in [0, 0.1) is 130 Å². The first-order valence-corrected chi connectivity index (χ1v) is 36.3. The van der Waals surface area contributed by atoms with Crippen molar-refractivity contribution in [2.75, 3.05) is 0 Å². The zero-order valence-corrected chi connectivity index (χ0v) is 48.2. The predicted molar refractivity (Wildman–Crippen MR) is 306 cm³/mol. The summed E-state index contributed by atoms with van der Waals surface area (Å²) in [7, 11) is 0. The Morgan fingerprint density at radius 2 is 0.365 bits per heavy atom. The molecule has 0 heterocycles. The van der Waals surface area contributed by atoms with E-state index in [9.17, 15) is 0 Å². The van der Waals surface area contributed by atoms with Crippen molar-refractivity contribution in [3.05, 3.63) is 0 Å². The van der Waals surface area contributed by atoms with Crippen LogP contribution in [0.1, 0.15) is 283 Å². The van der Waals surface area contributed by atoms with Crippen molar-refractivity contribution in [2.24, 2.45) is 130 Å². The highest BCUT2D eigenvalue weighted by Crippen LogP contribution is 2.67. The second-order valence-corrected chi connectivity index (χ2v) is 32.9. The molecule has 0 spiro atoms. The van der Waals surface area contributed by atoms with Gasteiger partial charge in [-0.3, -0.25) is 9.80 Å². The molecule has 16 fully saturated rings. The number of hydrogen-bond acceptors (Lipinski definition) is 2. The molecular weight excluding hydrogens is 893 g/mol. The molecule has 16 aliphatic rings. The molecule has 0 radical (unpaired) electrons. The lowest BCUT2D eigenvalue weighted by Crippen LogP contribution is -2.70. The Kier molecular flexibility index (Phi) is 14.1. The summed E-state index contributed by atoms with van der Waals surface area (Å²) in [5.74, 6) is 23.2. The maximum Gasteiger partial charge on any atom is 0.0163 e. The fourth-order valence-corrected chi connectivity index (χ4v) is 28.7. The molecule has 74 heavy (non-hydrogen) atoms. The van der Waals surface area contributed by atoms with E-state index in [0.717, 1.165) is 166 Å². The summed E-state index contributed by atoms with van der Waals surface area (Å²) in [5, 5.41) is 0. The average molecular weight is 1010 g/mol. The van der Waals surface area contributed by atoms with Crippen LogP contribution in [0.4, 0.5) is 0 Å². The van der Waals surface area contributed by atoms with Crippen molar-refractivity contribution in [3.63, 3.8) is 0 Å². The fourth-order valence-electron chi connectivity index (χ4n) is 28.7. The molecule has 0 saturated heterocycles. The first-order chi connectivity index (χ1) is 36.7. The first kappa shape index (κ1) is 49.7. The van der Waals surface area contributed by atoms with Crippen LogP contribution in [0.3, 0.4) is 0 Å². The minimum absolute atomic E-state index is 0.933. The van der Waals surface area contributed by atoms with E-state index in [2.05, 4.69) is 9.80 Å². The van der Waals surface area contributed by atoms with Crippen molar-refractivity contribution in [1.29, 1.82) is 0 Å².